The molecule has 1 aromatic rings. The summed E-state index contributed by atoms with van der Waals surface area (Å²) in [5.41, 5.74) is 2.06. The minimum Gasteiger partial charge on any atom is -0.316 e. The Kier molecular flexibility index (Phi) is 4.63. The fourth-order valence-electron chi connectivity index (χ4n) is 2.43. The predicted octanol–water partition coefficient (Wildman–Crippen LogP) is 3.00. The third-order valence-corrected chi connectivity index (χ3v) is 3.37. The van der Waals surface area contributed by atoms with Gasteiger partial charge in [-0.05, 0) is 26.0 Å². The Balaban J connectivity index is 3.23. The van der Waals surface area contributed by atoms with E-state index in [9.17, 15) is 10.1 Å². The summed E-state index contributed by atoms with van der Waals surface area (Å²) in [6.07, 6.45) is 0.948. The molecule has 0 saturated carbocycles. The van der Waals surface area contributed by atoms with Gasteiger partial charge in [0, 0.05) is 23.6 Å². The van der Waals surface area contributed by atoms with Crippen LogP contribution in [-0.4, -0.2) is 18.0 Å². The zero-order valence-corrected chi connectivity index (χ0v) is 10.9. The van der Waals surface area contributed by atoms with Crippen LogP contribution in [0.5, 0.6) is 0 Å². The van der Waals surface area contributed by atoms with Gasteiger partial charge in [0.2, 0.25) is 0 Å². The zero-order valence-electron chi connectivity index (χ0n) is 10.9. The first kappa shape index (κ1) is 13.6. The van der Waals surface area contributed by atoms with Crippen molar-refractivity contribution in [1.29, 1.82) is 0 Å². The van der Waals surface area contributed by atoms with Crippen molar-refractivity contribution in [3.8, 4) is 0 Å². The van der Waals surface area contributed by atoms with Crippen LogP contribution in [0.4, 0.5) is 5.69 Å². The number of nitrogens with zero attached hydrogens (tertiary/aromatic N) is 1. The van der Waals surface area contributed by atoms with Gasteiger partial charge in [-0.3, -0.25) is 10.1 Å². The van der Waals surface area contributed by atoms with E-state index in [2.05, 4.69) is 12.2 Å². The second-order valence-corrected chi connectivity index (χ2v) is 4.36. The lowest BCUT2D eigenvalue weighted by atomic mass is 9.87. The highest BCUT2D eigenvalue weighted by Crippen LogP contribution is 2.32. The number of nitro benzene ring substituents is 1. The molecule has 0 aliphatic carbocycles. The van der Waals surface area contributed by atoms with Gasteiger partial charge in [-0.2, -0.15) is 0 Å². The van der Waals surface area contributed by atoms with Crippen molar-refractivity contribution in [1.82, 2.24) is 5.32 Å². The van der Waals surface area contributed by atoms with Gasteiger partial charge in [0.05, 0.1) is 4.92 Å². The van der Waals surface area contributed by atoms with Crippen LogP contribution < -0.4 is 5.32 Å². The topological polar surface area (TPSA) is 55.2 Å². The summed E-state index contributed by atoms with van der Waals surface area (Å²) in [7, 11) is 1.90. The molecule has 0 saturated heterocycles. The maximum Gasteiger partial charge on any atom is 0.273 e. The van der Waals surface area contributed by atoms with E-state index in [4.69, 9.17) is 0 Å². The molecule has 0 aromatic heterocycles. The normalized spacial score (nSPS) is 14.4. The van der Waals surface area contributed by atoms with E-state index < -0.39 is 0 Å². The predicted molar refractivity (Wildman–Crippen MR) is 69.4 cm³/mol. The Hall–Kier alpha value is -1.42. The second-order valence-electron chi connectivity index (χ2n) is 4.36. The highest BCUT2D eigenvalue weighted by molar-refractivity contribution is 5.47. The number of hydrogen-bond donors (Lipinski definition) is 1. The van der Waals surface area contributed by atoms with Crippen LogP contribution in [-0.2, 0) is 0 Å². The molecule has 0 bridgehead atoms. The van der Waals surface area contributed by atoms with E-state index in [0.717, 1.165) is 17.5 Å². The van der Waals surface area contributed by atoms with Gasteiger partial charge in [0.1, 0.15) is 0 Å². The summed E-state index contributed by atoms with van der Waals surface area (Å²) in [6, 6.07) is 5.52. The fraction of sp³-hybridized carbons (Fsp3) is 0.538. The summed E-state index contributed by atoms with van der Waals surface area (Å²) >= 11 is 0. The first-order valence-electron chi connectivity index (χ1n) is 5.94. The average molecular weight is 236 g/mol. The lowest BCUT2D eigenvalue weighted by Crippen LogP contribution is -2.30. The molecule has 0 spiro atoms. The molecule has 2 unspecified atom stereocenters. The molecule has 4 heteroatoms. The summed E-state index contributed by atoms with van der Waals surface area (Å²) in [6.45, 7) is 6.06. The highest BCUT2D eigenvalue weighted by atomic mass is 16.6. The van der Waals surface area contributed by atoms with Crippen LogP contribution in [0.2, 0.25) is 0 Å². The Morgan fingerprint density at radius 1 is 1.47 bits per heavy atom. The van der Waals surface area contributed by atoms with E-state index in [1.807, 2.05) is 27.0 Å². The maximum atomic E-state index is 11.1. The Labute approximate surface area is 102 Å². The Morgan fingerprint density at radius 2 is 2.12 bits per heavy atom. The summed E-state index contributed by atoms with van der Waals surface area (Å²) in [5, 5.41) is 14.3. The highest BCUT2D eigenvalue weighted by Gasteiger charge is 2.25. The second kappa shape index (κ2) is 5.77. The Bertz CT molecular complexity index is 400. The third kappa shape index (κ3) is 2.82. The number of hydrogen-bond acceptors (Lipinski definition) is 3. The van der Waals surface area contributed by atoms with Crippen LogP contribution in [0.25, 0.3) is 0 Å². The minimum atomic E-state index is -0.290. The van der Waals surface area contributed by atoms with Gasteiger partial charge in [0.25, 0.3) is 5.69 Å². The van der Waals surface area contributed by atoms with Crippen LogP contribution in [0, 0.1) is 17.0 Å². The quantitative estimate of drug-likeness (QED) is 0.631. The molecule has 1 N–H and O–H groups in total. The molecule has 1 rings (SSSR count). The van der Waals surface area contributed by atoms with Crippen molar-refractivity contribution in [2.45, 2.75) is 39.2 Å². The smallest absolute Gasteiger partial charge is 0.273 e. The molecule has 17 heavy (non-hydrogen) atoms. The molecule has 2 atom stereocenters. The SMILES string of the molecule is CCC(NC)C(C)c1c(C)cccc1[N+](=O)[O-]. The van der Waals surface area contributed by atoms with Gasteiger partial charge < -0.3 is 5.32 Å². The standard InChI is InChI=1S/C13H20N2O2/c1-5-11(14-4)10(3)13-9(2)7-6-8-12(13)15(16)17/h6-8,10-11,14H,5H2,1-4H3. The molecule has 0 aliphatic heterocycles. The van der Waals surface area contributed by atoms with Gasteiger partial charge in [-0.25, -0.2) is 0 Å². The monoisotopic (exact) mass is 236 g/mol. The Morgan fingerprint density at radius 3 is 2.59 bits per heavy atom. The van der Waals surface area contributed by atoms with Crippen molar-refractivity contribution in [2.75, 3.05) is 7.05 Å². The van der Waals surface area contributed by atoms with E-state index in [0.29, 0.717) is 0 Å². The van der Waals surface area contributed by atoms with Crippen molar-refractivity contribution >= 4 is 5.69 Å². The molecule has 94 valence electrons. The number of nitro groups is 1. The first-order valence-corrected chi connectivity index (χ1v) is 5.94. The number of benzene rings is 1. The molecular formula is C13H20N2O2. The largest absolute Gasteiger partial charge is 0.316 e. The molecular weight excluding hydrogens is 216 g/mol. The van der Waals surface area contributed by atoms with Gasteiger partial charge in [0.15, 0.2) is 0 Å². The number of rotatable bonds is 5. The molecule has 0 aliphatic rings. The van der Waals surface area contributed by atoms with Crippen molar-refractivity contribution in [3.63, 3.8) is 0 Å². The van der Waals surface area contributed by atoms with Gasteiger partial charge in [-0.1, -0.05) is 26.0 Å². The summed E-state index contributed by atoms with van der Waals surface area (Å²) in [5.74, 6) is 0.131. The number of aryl methyl sites for hydroxylation is 1. The lowest BCUT2D eigenvalue weighted by molar-refractivity contribution is -0.385. The molecule has 0 amide bonds. The van der Waals surface area contributed by atoms with E-state index in [1.54, 1.807) is 12.1 Å². The van der Waals surface area contributed by atoms with E-state index in [1.165, 1.54) is 0 Å². The van der Waals surface area contributed by atoms with Gasteiger partial charge in [-0.15, -0.1) is 0 Å². The summed E-state index contributed by atoms with van der Waals surface area (Å²) in [4.78, 5) is 10.8. The number of likely N-dealkylation sites (N-methyl/N-ethyl adjacent to an activating group) is 1. The fourth-order valence-corrected chi connectivity index (χ4v) is 2.43. The van der Waals surface area contributed by atoms with Crippen molar-refractivity contribution in [3.05, 3.63) is 39.4 Å². The summed E-state index contributed by atoms with van der Waals surface area (Å²) < 4.78 is 0. The average Bonchev–Trinajstić information content (AvgIpc) is 2.29. The first-order chi connectivity index (χ1) is 8.02. The van der Waals surface area contributed by atoms with E-state index >= 15 is 0 Å². The molecule has 0 heterocycles. The molecule has 4 nitrogen and oxygen atoms in total. The third-order valence-electron chi connectivity index (χ3n) is 3.37. The molecule has 0 radical (unpaired) electrons. The van der Waals surface area contributed by atoms with Gasteiger partial charge >= 0.3 is 0 Å². The maximum absolute atomic E-state index is 11.1. The van der Waals surface area contributed by atoms with Crippen molar-refractivity contribution in [2.24, 2.45) is 0 Å². The van der Waals surface area contributed by atoms with Crippen LogP contribution >= 0.6 is 0 Å². The minimum absolute atomic E-state index is 0.131. The van der Waals surface area contributed by atoms with Crippen LogP contribution in [0.1, 0.15) is 37.3 Å². The van der Waals surface area contributed by atoms with E-state index in [-0.39, 0.29) is 22.6 Å². The zero-order chi connectivity index (χ0) is 13.0. The molecule has 1 aromatic carbocycles. The van der Waals surface area contributed by atoms with Crippen LogP contribution in [0.3, 0.4) is 0 Å². The lowest BCUT2D eigenvalue weighted by Gasteiger charge is -2.23. The van der Waals surface area contributed by atoms with Crippen molar-refractivity contribution < 1.29 is 4.92 Å². The molecule has 0 fully saturated rings. The number of nitrogens with one attached hydrogen (secondary N) is 1. The van der Waals surface area contributed by atoms with Crippen LogP contribution in [0.15, 0.2) is 18.2 Å².